The van der Waals surface area contributed by atoms with Gasteiger partial charge in [0.25, 0.3) is 5.91 Å². The SMILES string of the molecule is CN=C(NCCCC(C)C)N1CCN(C(=O)C2CCCO2)CC1.I. The summed E-state index contributed by atoms with van der Waals surface area (Å²) >= 11 is 0. The van der Waals surface area contributed by atoms with Gasteiger partial charge < -0.3 is 19.9 Å². The van der Waals surface area contributed by atoms with Crippen molar-refractivity contribution in [1.29, 1.82) is 0 Å². The van der Waals surface area contributed by atoms with Gasteiger partial charge in [0.05, 0.1) is 0 Å². The van der Waals surface area contributed by atoms with E-state index in [-0.39, 0.29) is 36.0 Å². The van der Waals surface area contributed by atoms with E-state index in [0.29, 0.717) is 0 Å². The summed E-state index contributed by atoms with van der Waals surface area (Å²) in [7, 11) is 1.83. The Balaban J connectivity index is 0.00000288. The number of nitrogens with one attached hydrogen (secondary N) is 1. The topological polar surface area (TPSA) is 57.2 Å². The summed E-state index contributed by atoms with van der Waals surface area (Å²) < 4.78 is 5.51. The zero-order chi connectivity index (χ0) is 16.7. The molecule has 0 radical (unpaired) electrons. The van der Waals surface area contributed by atoms with E-state index < -0.39 is 0 Å². The maximum Gasteiger partial charge on any atom is 0.251 e. The summed E-state index contributed by atoms with van der Waals surface area (Å²) in [5.74, 6) is 1.87. The van der Waals surface area contributed by atoms with Crippen molar-refractivity contribution in [3.63, 3.8) is 0 Å². The van der Waals surface area contributed by atoms with Gasteiger partial charge in [-0.1, -0.05) is 13.8 Å². The Bertz CT molecular complexity index is 403. The molecule has 0 saturated carbocycles. The summed E-state index contributed by atoms with van der Waals surface area (Å²) in [4.78, 5) is 20.9. The third-order valence-electron chi connectivity index (χ3n) is 4.55. The van der Waals surface area contributed by atoms with Crippen LogP contribution in [-0.4, -0.2) is 74.1 Å². The number of nitrogens with zero attached hydrogens (tertiary/aromatic N) is 3. The number of ether oxygens (including phenoxy) is 1. The lowest BCUT2D eigenvalue weighted by Crippen LogP contribution is -2.55. The molecule has 1 amide bonds. The van der Waals surface area contributed by atoms with Crippen LogP contribution in [-0.2, 0) is 9.53 Å². The average molecular weight is 452 g/mol. The predicted molar refractivity (Wildman–Crippen MR) is 108 cm³/mol. The van der Waals surface area contributed by atoms with Crippen molar-refractivity contribution < 1.29 is 9.53 Å². The average Bonchev–Trinajstić information content (AvgIpc) is 3.09. The summed E-state index contributed by atoms with van der Waals surface area (Å²) in [6.07, 6.45) is 4.07. The highest BCUT2D eigenvalue weighted by molar-refractivity contribution is 14.0. The van der Waals surface area contributed by atoms with Gasteiger partial charge in [0.2, 0.25) is 0 Å². The van der Waals surface area contributed by atoms with Crippen LogP contribution in [0.5, 0.6) is 0 Å². The molecule has 0 spiro atoms. The molecule has 0 aliphatic carbocycles. The van der Waals surface area contributed by atoms with Crippen LogP contribution in [0, 0.1) is 5.92 Å². The van der Waals surface area contributed by atoms with E-state index in [2.05, 4.69) is 29.1 Å². The van der Waals surface area contributed by atoms with Crippen molar-refractivity contribution in [2.24, 2.45) is 10.9 Å². The second kappa shape index (κ2) is 11.1. The normalized spacial score (nSPS) is 21.8. The van der Waals surface area contributed by atoms with Crippen molar-refractivity contribution in [3.05, 3.63) is 0 Å². The molecule has 7 heteroatoms. The predicted octanol–water partition coefficient (Wildman–Crippen LogP) is 1.94. The fourth-order valence-electron chi connectivity index (χ4n) is 3.16. The number of aliphatic imine (C=N–C) groups is 1. The molecule has 0 bridgehead atoms. The van der Waals surface area contributed by atoms with Crippen molar-refractivity contribution in [2.45, 2.75) is 45.6 Å². The van der Waals surface area contributed by atoms with E-state index >= 15 is 0 Å². The van der Waals surface area contributed by atoms with Gasteiger partial charge in [-0.2, -0.15) is 0 Å². The van der Waals surface area contributed by atoms with Gasteiger partial charge in [-0.25, -0.2) is 0 Å². The minimum Gasteiger partial charge on any atom is -0.368 e. The minimum absolute atomic E-state index is 0. The van der Waals surface area contributed by atoms with Gasteiger partial charge in [-0.05, 0) is 31.6 Å². The molecule has 2 heterocycles. The fourth-order valence-corrected chi connectivity index (χ4v) is 3.16. The van der Waals surface area contributed by atoms with Crippen molar-refractivity contribution in [1.82, 2.24) is 15.1 Å². The lowest BCUT2D eigenvalue weighted by atomic mass is 10.1. The monoisotopic (exact) mass is 452 g/mol. The molecule has 1 N–H and O–H groups in total. The van der Waals surface area contributed by atoms with Crippen LogP contribution in [0.4, 0.5) is 0 Å². The van der Waals surface area contributed by atoms with E-state index in [0.717, 1.165) is 70.5 Å². The summed E-state index contributed by atoms with van der Waals surface area (Å²) in [6.45, 7) is 9.36. The van der Waals surface area contributed by atoms with E-state index in [4.69, 9.17) is 4.74 Å². The van der Waals surface area contributed by atoms with Gasteiger partial charge in [-0.15, -0.1) is 24.0 Å². The zero-order valence-electron chi connectivity index (χ0n) is 15.3. The molecule has 2 rings (SSSR count). The summed E-state index contributed by atoms with van der Waals surface area (Å²) in [5, 5.41) is 3.44. The molecular weight excluding hydrogens is 419 g/mol. The maximum atomic E-state index is 12.4. The highest BCUT2D eigenvalue weighted by atomic mass is 127. The van der Waals surface area contributed by atoms with Crippen LogP contribution in [0.3, 0.4) is 0 Å². The Morgan fingerprint density at radius 2 is 1.92 bits per heavy atom. The number of piperazine rings is 1. The number of rotatable bonds is 5. The van der Waals surface area contributed by atoms with Crippen LogP contribution in [0.15, 0.2) is 4.99 Å². The molecule has 1 unspecified atom stereocenters. The lowest BCUT2D eigenvalue weighted by molar-refractivity contribution is -0.142. The van der Waals surface area contributed by atoms with Crippen molar-refractivity contribution in [2.75, 3.05) is 46.4 Å². The van der Waals surface area contributed by atoms with Crippen LogP contribution in [0.25, 0.3) is 0 Å². The molecule has 2 saturated heterocycles. The molecule has 6 nitrogen and oxygen atoms in total. The molecule has 0 aromatic rings. The Morgan fingerprint density at radius 1 is 1.25 bits per heavy atom. The van der Waals surface area contributed by atoms with Gasteiger partial charge in [0.1, 0.15) is 6.10 Å². The van der Waals surface area contributed by atoms with Crippen LogP contribution < -0.4 is 5.32 Å². The fraction of sp³-hybridized carbons (Fsp3) is 0.882. The Kier molecular flexibility index (Phi) is 9.95. The number of hydrogen-bond donors (Lipinski definition) is 1. The Hall–Kier alpha value is -0.570. The number of carbonyl (C=O) groups is 1. The first kappa shape index (κ1) is 21.5. The zero-order valence-corrected chi connectivity index (χ0v) is 17.6. The van der Waals surface area contributed by atoms with E-state index in [1.807, 2.05) is 11.9 Å². The number of halogens is 1. The first-order valence-electron chi connectivity index (χ1n) is 8.97. The first-order chi connectivity index (χ1) is 11.1. The van der Waals surface area contributed by atoms with E-state index in [1.165, 1.54) is 6.42 Å². The number of guanidine groups is 1. The highest BCUT2D eigenvalue weighted by Gasteiger charge is 2.30. The summed E-state index contributed by atoms with van der Waals surface area (Å²) in [5.41, 5.74) is 0. The van der Waals surface area contributed by atoms with E-state index in [9.17, 15) is 4.79 Å². The highest BCUT2D eigenvalue weighted by Crippen LogP contribution is 2.16. The molecule has 0 aromatic carbocycles. The smallest absolute Gasteiger partial charge is 0.251 e. The second-order valence-electron chi connectivity index (χ2n) is 6.82. The minimum atomic E-state index is -0.199. The van der Waals surface area contributed by atoms with Gasteiger partial charge in [-0.3, -0.25) is 9.79 Å². The van der Waals surface area contributed by atoms with Gasteiger partial charge in [0.15, 0.2) is 5.96 Å². The molecule has 2 aliphatic rings. The van der Waals surface area contributed by atoms with Crippen LogP contribution >= 0.6 is 24.0 Å². The first-order valence-corrected chi connectivity index (χ1v) is 8.97. The number of hydrogen-bond acceptors (Lipinski definition) is 3. The third kappa shape index (κ3) is 6.38. The second-order valence-corrected chi connectivity index (χ2v) is 6.82. The number of amides is 1. The quantitative estimate of drug-likeness (QED) is 0.300. The molecule has 0 aromatic heterocycles. The standard InChI is InChI=1S/C17H32N4O2.HI/c1-14(2)6-4-8-19-17(18-3)21-11-9-20(10-12-21)16(22)15-7-5-13-23-15;/h14-15H,4-13H2,1-3H3,(H,18,19);1H. The van der Waals surface area contributed by atoms with Crippen LogP contribution in [0.2, 0.25) is 0 Å². The maximum absolute atomic E-state index is 12.4. The lowest BCUT2D eigenvalue weighted by Gasteiger charge is -2.37. The summed E-state index contributed by atoms with van der Waals surface area (Å²) in [6, 6.07) is 0. The molecule has 2 aliphatic heterocycles. The molecule has 1 atom stereocenters. The molecule has 140 valence electrons. The molecular formula is C17H33IN4O2. The van der Waals surface area contributed by atoms with Gasteiger partial charge >= 0.3 is 0 Å². The molecule has 24 heavy (non-hydrogen) atoms. The number of carbonyl (C=O) groups excluding carboxylic acids is 1. The third-order valence-corrected chi connectivity index (χ3v) is 4.55. The van der Waals surface area contributed by atoms with Gasteiger partial charge in [0, 0.05) is 46.4 Å². The van der Waals surface area contributed by atoms with Crippen molar-refractivity contribution in [3.8, 4) is 0 Å². The van der Waals surface area contributed by atoms with Crippen LogP contribution in [0.1, 0.15) is 39.5 Å². The Morgan fingerprint density at radius 3 is 2.46 bits per heavy atom. The Labute approximate surface area is 163 Å². The van der Waals surface area contributed by atoms with Crippen molar-refractivity contribution >= 4 is 35.8 Å². The van der Waals surface area contributed by atoms with E-state index in [1.54, 1.807) is 0 Å². The largest absolute Gasteiger partial charge is 0.368 e. The molecule has 2 fully saturated rings.